The molecule has 0 fully saturated rings. The van der Waals surface area contributed by atoms with Crippen molar-refractivity contribution in [3.05, 3.63) is 64.7 Å². The molecule has 1 amide bonds. The second kappa shape index (κ2) is 6.35. The Morgan fingerprint density at radius 3 is 2.43 bits per heavy atom. The van der Waals surface area contributed by atoms with E-state index in [2.05, 4.69) is 5.32 Å². The van der Waals surface area contributed by atoms with Gasteiger partial charge in [-0.2, -0.15) is 0 Å². The quantitative estimate of drug-likeness (QED) is 0.850. The molecular formula is C16H16F2N2O. The fourth-order valence-corrected chi connectivity index (χ4v) is 2.10. The van der Waals surface area contributed by atoms with Gasteiger partial charge >= 0.3 is 0 Å². The summed E-state index contributed by atoms with van der Waals surface area (Å²) in [5.74, 6) is -2.69. The third-order valence-electron chi connectivity index (χ3n) is 3.28. The SMILES string of the molecule is CCc1ccccc1CNC(=O)c1cc(F)c(F)cc1N. The van der Waals surface area contributed by atoms with Crippen LogP contribution in [0.2, 0.25) is 0 Å². The predicted molar refractivity (Wildman–Crippen MR) is 77.8 cm³/mol. The van der Waals surface area contributed by atoms with Gasteiger partial charge < -0.3 is 11.1 Å². The minimum atomic E-state index is -1.09. The highest BCUT2D eigenvalue weighted by molar-refractivity contribution is 5.99. The molecule has 2 aromatic rings. The molecule has 0 bridgehead atoms. The highest BCUT2D eigenvalue weighted by Gasteiger charge is 2.14. The van der Waals surface area contributed by atoms with Gasteiger partial charge in [0.2, 0.25) is 0 Å². The van der Waals surface area contributed by atoms with Crippen LogP contribution in [0.1, 0.15) is 28.4 Å². The second-order valence-electron chi connectivity index (χ2n) is 4.66. The molecule has 2 rings (SSSR count). The van der Waals surface area contributed by atoms with E-state index in [1.807, 2.05) is 31.2 Å². The number of hydrogen-bond donors (Lipinski definition) is 2. The van der Waals surface area contributed by atoms with Crippen molar-refractivity contribution in [3.8, 4) is 0 Å². The molecule has 0 radical (unpaired) electrons. The minimum Gasteiger partial charge on any atom is -0.398 e. The Kier molecular flexibility index (Phi) is 4.52. The number of aryl methyl sites for hydroxylation is 1. The molecule has 0 unspecified atom stereocenters. The number of anilines is 1. The minimum absolute atomic E-state index is 0.0668. The van der Waals surface area contributed by atoms with E-state index in [1.165, 1.54) is 0 Å². The Morgan fingerprint density at radius 2 is 1.76 bits per heavy atom. The van der Waals surface area contributed by atoms with Crippen LogP contribution in [-0.4, -0.2) is 5.91 Å². The van der Waals surface area contributed by atoms with Crippen LogP contribution in [0, 0.1) is 11.6 Å². The lowest BCUT2D eigenvalue weighted by Crippen LogP contribution is -2.24. The van der Waals surface area contributed by atoms with Crippen LogP contribution in [0.5, 0.6) is 0 Å². The largest absolute Gasteiger partial charge is 0.398 e. The average molecular weight is 290 g/mol. The summed E-state index contributed by atoms with van der Waals surface area (Å²) < 4.78 is 26.2. The molecule has 0 aliphatic rings. The lowest BCUT2D eigenvalue weighted by molar-refractivity contribution is 0.0951. The van der Waals surface area contributed by atoms with E-state index in [9.17, 15) is 13.6 Å². The smallest absolute Gasteiger partial charge is 0.253 e. The van der Waals surface area contributed by atoms with Gasteiger partial charge in [-0.15, -0.1) is 0 Å². The summed E-state index contributed by atoms with van der Waals surface area (Å²) in [4.78, 5) is 12.0. The van der Waals surface area contributed by atoms with E-state index in [1.54, 1.807) is 0 Å². The molecule has 0 heterocycles. The van der Waals surface area contributed by atoms with Gasteiger partial charge in [-0.05, 0) is 23.6 Å². The molecule has 3 N–H and O–H groups in total. The zero-order chi connectivity index (χ0) is 15.4. The number of amides is 1. The predicted octanol–water partition coefficient (Wildman–Crippen LogP) is 3.04. The fraction of sp³-hybridized carbons (Fsp3) is 0.188. The highest BCUT2D eigenvalue weighted by Crippen LogP contribution is 2.17. The number of rotatable bonds is 4. The lowest BCUT2D eigenvalue weighted by atomic mass is 10.1. The van der Waals surface area contributed by atoms with Gasteiger partial charge in [0.15, 0.2) is 11.6 Å². The summed E-state index contributed by atoms with van der Waals surface area (Å²) in [6, 6.07) is 9.32. The Hall–Kier alpha value is -2.43. The van der Waals surface area contributed by atoms with Gasteiger partial charge in [0.25, 0.3) is 5.91 Å². The lowest BCUT2D eigenvalue weighted by Gasteiger charge is -2.11. The van der Waals surface area contributed by atoms with Gasteiger partial charge in [-0.3, -0.25) is 4.79 Å². The van der Waals surface area contributed by atoms with Gasteiger partial charge in [0.1, 0.15) is 0 Å². The molecule has 0 aliphatic carbocycles. The summed E-state index contributed by atoms with van der Waals surface area (Å²) in [6.45, 7) is 2.33. The standard InChI is InChI=1S/C16H16F2N2O/c1-2-10-5-3-4-6-11(10)9-20-16(21)12-7-13(17)14(18)8-15(12)19/h3-8H,2,9,19H2,1H3,(H,20,21). The van der Waals surface area contributed by atoms with Crippen molar-refractivity contribution >= 4 is 11.6 Å². The van der Waals surface area contributed by atoms with Crippen molar-refractivity contribution in [2.75, 3.05) is 5.73 Å². The summed E-state index contributed by atoms with van der Waals surface area (Å²) in [6.07, 6.45) is 0.847. The normalized spacial score (nSPS) is 10.4. The molecule has 3 nitrogen and oxygen atoms in total. The molecule has 0 aromatic heterocycles. The Balaban J connectivity index is 2.14. The summed E-state index contributed by atoms with van der Waals surface area (Å²) in [7, 11) is 0. The number of halogens is 2. The van der Waals surface area contributed by atoms with Crippen LogP contribution in [0.15, 0.2) is 36.4 Å². The monoisotopic (exact) mass is 290 g/mol. The molecule has 0 saturated carbocycles. The van der Waals surface area contributed by atoms with E-state index in [-0.39, 0.29) is 11.3 Å². The first-order chi connectivity index (χ1) is 10.0. The Labute approximate surface area is 121 Å². The van der Waals surface area contributed by atoms with Gasteiger partial charge in [-0.25, -0.2) is 8.78 Å². The van der Waals surface area contributed by atoms with Crippen LogP contribution in [-0.2, 0) is 13.0 Å². The summed E-state index contributed by atoms with van der Waals surface area (Å²) in [5, 5.41) is 2.67. The Morgan fingerprint density at radius 1 is 1.14 bits per heavy atom. The maximum Gasteiger partial charge on any atom is 0.253 e. The van der Waals surface area contributed by atoms with Crippen molar-refractivity contribution in [1.82, 2.24) is 5.32 Å². The van der Waals surface area contributed by atoms with Crippen LogP contribution >= 0.6 is 0 Å². The average Bonchev–Trinajstić information content (AvgIpc) is 2.48. The molecule has 0 saturated heterocycles. The maximum absolute atomic E-state index is 13.2. The first-order valence-corrected chi connectivity index (χ1v) is 6.62. The molecule has 21 heavy (non-hydrogen) atoms. The number of hydrogen-bond acceptors (Lipinski definition) is 2. The number of carbonyl (C=O) groups is 1. The number of benzene rings is 2. The van der Waals surface area contributed by atoms with E-state index in [0.29, 0.717) is 6.54 Å². The van der Waals surface area contributed by atoms with E-state index < -0.39 is 17.5 Å². The number of nitrogen functional groups attached to an aromatic ring is 1. The van der Waals surface area contributed by atoms with Crippen LogP contribution in [0.4, 0.5) is 14.5 Å². The van der Waals surface area contributed by atoms with Crippen molar-refractivity contribution in [3.63, 3.8) is 0 Å². The maximum atomic E-state index is 13.2. The highest BCUT2D eigenvalue weighted by atomic mass is 19.2. The molecule has 0 atom stereocenters. The van der Waals surface area contributed by atoms with Crippen LogP contribution in [0.3, 0.4) is 0 Å². The van der Waals surface area contributed by atoms with Gasteiger partial charge in [-0.1, -0.05) is 31.2 Å². The second-order valence-corrected chi connectivity index (χ2v) is 4.66. The van der Waals surface area contributed by atoms with E-state index >= 15 is 0 Å². The van der Waals surface area contributed by atoms with Gasteiger partial charge in [0, 0.05) is 18.3 Å². The third-order valence-corrected chi connectivity index (χ3v) is 3.28. The summed E-state index contributed by atoms with van der Waals surface area (Å²) >= 11 is 0. The number of nitrogens with two attached hydrogens (primary N) is 1. The van der Waals surface area contributed by atoms with Crippen LogP contribution in [0.25, 0.3) is 0 Å². The number of carbonyl (C=O) groups excluding carboxylic acids is 1. The first kappa shape index (κ1) is 15.0. The molecule has 0 spiro atoms. The number of nitrogens with one attached hydrogen (secondary N) is 1. The Bertz CT molecular complexity index is 671. The van der Waals surface area contributed by atoms with Crippen molar-refractivity contribution in [2.45, 2.75) is 19.9 Å². The summed E-state index contributed by atoms with van der Waals surface area (Å²) in [5.41, 5.74) is 7.50. The van der Waals surface area contributed by atoms with E-state index in [0.717, 1.165) is 29.7 Å². The zero-order valence-corrected chi connectivity index (χ0v) is 11.6. The van der Waals surface area contributed by atoms with Crippen molar-refractivity contribution in [2.24, 2.45) is 0 Å². The van der Waals surface area contributed by atoms with Crippen LogP contribution < -0.4 is 11.1 Å². The molecule has 5 heteroatoms. The van der Waals surface area contributed by atoms with Gasteiger partial charge in [0.05, 0.1) is 5.56 Å². The molecule has 0 aliphatic heterocycles. The fourth-order valence-electron chi connectivity index (χ4n) is 2.10. The first-order valence-electron chi connectivity index (χ1n) is 6.62. The topological polar surface area (TPSA) is 55.1 Å². The third kappa shape index (κ3) is 3.37. The molecular weight excluding hydrogens is 274 g/mol. The molecule has 110 valence electrons. The van der Waals surface area contributed by atoms with Crippen molar-refractivity contribution in [1.29, 1.82) is 0 Å². The van der Waals surface area contributed by atoms with Crippen molar-refractivity contribution < 1.29 is 13.6 Å². The van der Waals surface area contributed by atoms with E-state index in [4.69, 9.17) is 5.73 Å². The molecule has 2 aromatic carbocycles. The zero-order valence-electron chi connectivity index (χ0n) is 11.6.